The van der Waals surface area contributed by atoms with Crippen LogP contribution in [-0.4, -0.2) is 45.5 Å². The predicted octanol–water partition coefficient (Wildman–Crippen LogP) is 3.07. The van der Waals surface area contributed by atoms with Crippen LogP contribution in [0.5, 0.6) is 11.5 Å². The second-order valence-corrected chi connectivity index (χ2v) is 5.68. The molecular formula is C20H23NO6. The number of esters is 1. The second-order valence-electron chi connectivity index (χ2n) is 5.68. The van der Waals surface area contributed by atoms with Gasteiger partial charge in [-0.3, -0.25) is 0 Å². The molecular weight excluding hydrogens is 350 g/mol. The predicted molar refractivity (Wildman–Crippen MR) is 101 cm³/mol. The summed E-state index contributed by atoms with van der Waals surface area (Å²) in [6, 6.07) is 10.9. The van der Waals surface area contributed by atoms with Crippen LogP contribution in [0, 0.1) is 0 Å². The van der Waals surface area contributed by atoms with Crippen molar-refractivity contribution < 1.29 is 28.5 Å². The highest BCUT2D eigenvalue weighted by Crippen LogP contribution is 2.32. The molecule has 0 aliphatic carbocycles. The number of methoxy groups -OCH3 is 1. The number of benzene rings is 2. The van der Waals surface area contributed by atoms with E-state index in [-0.39, 0.29) is 13.2 Å². The van der Waals surface area contributed by atoms with Crippen LogP contribution in [0.2, 0.25) is 0 Å². The van der Waals surface area contributed by atoms with E-state index < -0.39 is 12.1 Å². The quantitative estimate of drug-likeness (QED) is 0.413. The lowest BCUT2D eigenvalue weighted by Gasteiger charge is -2.12. The van der Waals surface area contributed by atoms with Crippen molar-refractivity contribution in [2.75, 3.05) is 33.5 Å². The van der Waals surface area contributed by atoms with Crippen LogP contribution in [0.3, 0.4) is 0 Å². The smallest absolute Gasteiger partial charge is 0.412 e. The topological polar surface area (TPSA) is 83.1 Å². The van der Waals surface area contributed by atoms with Gasteiger partial charge in [0.05, 0.1) is 13.2 Å². The molecule has 0 saturated heterocycles. The number of ether oxygens (including phenoxy) is 4. The highest BCUT2D eigenvalue weighted by Gasteiger charge is 2.11. The fraction of sp³-hybridized carbons (Fsp3) is 0.300. The number of carbonyl (C=O) groups excluding carboxylic acids is 2. The summed E-state index contributed by atoms with van der Waals surface area (Å²) in [6.07, 6.45) is -0.639. The SMILES string of the molecule is C=C(C)C(=O)OCCNC(=O)Oc1cccc2c(OCCOC)cccc12. The van der Waals surface area contributed by atoms with E-state index in [0.717, 1.165) is 10.8 Å². The van der Waals surface area contributed by atoms with Gasteiger partial charge in [-0.1, -0.05) is 30.8 Å². The molecule has 0 aliphatic heterocycles. The molecule has 0 spiro atoms. The molecule has 0 aromatic heterocycles. The van der Waals surface area contributed by atoms with E-state index in [2.05, 4.69) is 11.9 Å². The number of nitrogens with one attached hydrogen (secondary N) is 1. The van der Waals surface area contributed by atoms with Gasteiger partial charge in [-0.2, -0.15) is 0 Å². The maximum atomic E-state index is 12.0. The summed E-state index contributed by atoms with van der Waals surface area (Å²) in [5, 5.41) is 4.11. The molecule has 0 radical (unpaired) electrons. The Bertz CT molecular complexity index is 817. The van der Waals surface area contributed by atoms with Crippen molar-refractivity contribution in [3.8, 4) is 11.5 Å². The van der Waals surface area contributed by atoms with Gasteiger partial charge in [-0.15, -0.1) is 0 Å². The van der Waals surface area contributed by atoms with Gasteiger partial charge in [0.15, 0.2) is 0 Å². The maximum Gasteiger partial charge on any atom is 0.412 e. The first-order chi connectivity index (χ1) is 13.0. The Morgan fingerprint density at radius 3 is 2.33 bits per heavy atom. The van der Waals surface area contributed by atoms with Crippen molar-refractivity contribution in [1.29, 1.82) is 0 Å². The van der Waals surface area contributed by atoms with Crippen LogP contribution in [0.1, 0.15) is 6.92 Å². The van der Waals surface area contributed by atoms with E-state index in [1.807, 2.05) is 24.3 Å². The fourth-order valence-electron chi connectivity index (χ4n) is 2.26. The average Bonchev–Trinajstić information content (AvgIpc) is 2.65. The lowest BCUT2D eigenvalue weighted by Crippen LogP contribution is -2.30. The Hall–Kier alpha value is -3.06. The van der Waals surface area contributed by atoms with Crippen molar-refractivity contribution in [3.63, 3.8) is 0 Å². The van der Waals surface area contributed by atoms with Gasteiger partial charge in [0.1, 0.15) is 24.7 Å². The van der Waals surface area contributed by atoms with E-state index in [1.165, 1.54) is 0 Å². The molecule has 1 amide bonds. The summed E-state index contributed by atoms with van der Waals surface area (Å²) in [5.74, 6) is 0.587. The summed E-state index contributed by atoms with van der Waals surface area (Å²) < 4.78 is 21.0. The Labute approximate surface area is 157 Å². The van der Waals surface area contributed by atoms with Crippen LogP contribution in [0.15, 0.2) is 48.6 Å². The summed E-state index contributed by atoms with van der Waals surface area (Å²) in [4.78, 5) is 23.3. The Balaban J connectivity index is 1.97. The number of amides is 1. The molecule has 0 heterocycles. The van der Waals surface area contributed by atoms with E-state index in [0.29, 0.717) is 30.3 Å². The summed E-state index contributed by atoms with van der Waals surface area (Å²) >= 11 is 0. The number of carbonyl (C=O) groups is 2. The molecule has 7 nitrogen and oxygen atoms in total. The van der Waals surface area contributed by atoms with Crippen LogP contribution < -0.4 is 14.8 Å². The minimum absolute atomic E-state index is 0.0355. The Morgan fingerprint density at radius 1 is 1.00 bits per heavy atom. The largest absolute Gasteiger partial charge is 0.491 e. The van der Waals surface area contributed by atoms with Crippen molar-refractivity contribution in [1.82, 2.24) is 5.32 Å². The monoisotopic (exact) mass is 373 g/mol. The molecule has 144 valence electrons. The van der Waals surface area contributed by atoms with Gasteiger partial charge in [-0.25, -0.2) is 9.59 Å². The lowest BCUT2D eigenvalue weighted by atomic mass is 10.1. The molecule has 27 heavy (non-hydrogen) atoms. The standard InChI is InChI=1S/C20H23NO6/c1-14(2)19(22)26-11-10-21-20(23)27-18-9-5-6-15-16(18)7-4-8-17(15)25-13-12-24-3/h4-9H,1,10-13H2,2-3H3,(H,21,23). The number of hydrogen-bond donors (Lipinski definition) is 1. The third kappa shape index (κ3) is 6.00. The Morgan fingerprint density at radius 2 is 1.67 bits per heavy atom. The highest BCUT2D eigenvalue weighted by molar-refractivity contribution is 5.94. The first kappa shape index (κ1) is 20.3. The van der Waals surface area contributed by atoms with Crippen molar-refractivity contribution in [2.45, 2.75) is 6.92 Å². The minimum atomic E-state index is -0.639. The first-order valence-electron chi connectivity index (χ1n) is 8.44. The fourth-order valence-corrected chi connectivity index (χ4v) is 2.26. The maximum absolute atomic E-state index is 12.0. The molecule has 0 atom stereocenters. The highest BCUT2D eigenvalue weighted by atomic mass is 16.6. The zero-order valence-electron chi connectivity index (χ0n) is 15.4. The third-order valence-electron chi connectivity index (χ3n) is 3.54. The van der Waals surface area contributed by atoms with Gasteiger partial charge in [0.25, 0.3) is 0 Å². The van der Waals surface area contributed by atoms with E-state index in [4.69, 9.17) is 18.9 Å². The van der Waals surface area contributed by atoms with Crippen LogP contribution in [0.4, 0.5) is 4.79 Å². The third-order valence-corrected chi connectivity index (χ3v) is 3.54. The van der Waals surface area contributed by atoms with Crippen LogP contribution >= 0.6 is 0 Å². The van der Waals surface area contributed by atoms with Gasteiger partial charge in [0, 0.05) is 23.5 Å². The first-order valence-corrected chi connectivity index (χ1v) is 8.44. The molecule has 0 bridgehead atoms. The molecule has 2 rings (SSSR count). The molecule has 0 saturated carbocycles. The summed E-state index contributed by atoms with van der Waals surface area (Å²) in [6.45, 7) is 6.10. The van der Waals surface area contributed by atoms with Crippen molar-refractivity contribution in [2.24, 2.45) is 0 Å². The molecule has 0 fully saturated rings. The molecule has 2 aromatic rings. The number of fused-ring (bicyclic) bond motifs is 1. The van der Waals surface area contributed by atoms with Gasteiger partial charge < -0.3 is 24.3 Å². The molecule has 1 N–H and O–H groups in total. The number of hydrogen-bond acceptors (Lipinski definition) is 6. The summed E-state index contributed by atoms with van der Waals surface area (Å²) in [7, 11) is 1.61. The van der Waals surface area contributed by atoms with Gasteiger partial charge in [-0.05, 0) is 19.1 Å². The molecule has 2 aromatic carbocycles. The van der Waals surface area contributed by atoms with Crippen LogP contribution in [0.25, 0.3) is 10.8 Å². The minimum Gasteiger partial charge on any atom is -0.491 e. The lowest BCUT2D eigenvalue weighted by molar-refractivity contribution is -0.138. The van der Waals surface area contributed by atoms with E-state index in [9.17, 15) is 9.59 Å². The number of rotatable bonds is 9. The second kappa shape index (κ2) is 10.2. The van der Waals surface area contributed by atoms with Crippen molar-refractivity contribution >= 4 is 22.8 Å². The average molecular weight is 373 g/mol. The van der Waals surface area contributed by atoms with E-state index in [1.54, 1.807) is 26.2 Å². The zero-order chi connectivity index (χ0) is 19.6. The summed E-state index contributed by atoms with van der Waals surface area (Å²) in [5.41, 5.74) is 0.303. The van der Waals surface area contributed by atoms with Gasteiger partial charge >= 0.3 is 12.1 Å². The molecule has 0 unspecified atom stereocenters. The molecule has 0 aliphatic rings. The Kier molecular flexibility index (Phi) is 7.63. The molecule has 7 heteroatoms. The van der Waals surface area contributed by atoms with Gasteiger partial charge in [0.2, 0.25) is 0 Å². The van der Waals surface area contributed by atoms with Crippen molar-refractivity contribution in [3.05, 3.63) is 48.6 Å². The van der Waals surface area contributed by atoms with Crippen LogP contribution in [-0.2, 0) is 14.3 Å². The normalized spacial score (nSPS) is 10.3. The zero-order valence-corrected chi connectivity index (χ0v) is 15.4. The van der Waals surface area contributed by atoms with E-state index >= 15 is 0 Å².